The van der Waals surface area contributed by atoms with Crippen LogP contribution in [0.15, 0.2) is 4.99 Å². The third-order valence-corrected chi connectivity index (χ3v) is 7.73. The molecule has 14 N–H and O–H groups in total. The number of carboxylic acids is 2. The van der Waals surface area contributed by atoms with Gasteiger partial charge in [0.2, 0.25) is 23.6 Å². The van der Waals surface area contributed by atoms with Gasteiger partial charge in [0.15, 0.2) is 5.96 Å². The van der Waals surface area contributed by atoms with Gasteiger partial charge < -0.3 is 54.4 Å². The number of nitrogens with two attached hydrogens (primary N) is 4. The lowest BCUT2D eigenvalue weighted by Crippen LogP contribution is -2.60. The SMILES string of the molecule is CCC(C)C(NC(=O)C(CCCN=C(N)N)NC(=O)C(NC(=O)C(CCCCN)NC(=O)C(N)CCC(=O)O)C(C)CC)C(=O)O. The predicted octanol–water partition coefficient (Wildman–Crippen LogP) is -1.52. The summed E-state index contributed by atoms with van der Waals surface area (Å²) in [7, 11) is 0. The molecule has 0 aliphatic heterocycles. The molecule has 7 unspecified atom stereocenters. The largest absolute Gasteiger partial charge is 0.481 e. The fraction of sp³-hybridized carbons (Fsp3) is 0.759. The van der Waals surface area contributed by atoms with Crippen molar-refractivity contribution >= 4 is 41.5 Å². The smallest absolute Gasteiger partial charge is 0.326 e. The van der Waals surface area contributed by atoms with Crippen LogP contribution < -0.4 is 44.2 Å². The van der Waals surface area contributed by atoms with E-state index in [1.54, 1.807) is 20.8 Å². The van der Waals surface area contributed by atoms with Crippen LogP contribution in [0.4, 0.5) is 0 Å². The highest BCUT2D eigenvalue weighted by molar-refractivity contribution is 5.95. The Kier molecular flexibility index (Phi) is 20.6. The van der Waals surface area contributed by atoms with Crippen molar-refractivity contribution in [2.45, 2.75) is 116 Å². The lowest BCUT2D eigenvalue weighted by molar-refractivity contribution is -0.144. The van der Waals surface area contributed by atoms with Crippen LogP contribution in [0.1, 0.15) is 85.5 Å². The van der Waals surface area contributed by atoms with Crippen molar-refractivity contribution in [3.8, 4) is 0 Å². The minimum Gasteiger partial charge on any atom is -0.481 e. The Morgan fingerprint density at radius 2 is 1.20 bits per heavy atom. The highest BCUT2D eigenvalue weighted by atomic mass is 16.4. The van der Waals surface area contributed by atoms with Gasteiger partial charge in [0, 0.05) is 13.0 Å². The van der Waals surface area contributed by atoms with Crippen LogP contribution in [-0.2, 0) is 28.8 Å². The van der Waals surface area contributed by atoms with Crippen molar-refractivity contribution in [1.29, 1.82) is 0 Å². The van der Waals surface area contributed by atoms with E-state index in [0.717, 1.165) is 0 Å². The van der Waals surface area contributed by atoms with Crippen LogP contribution in [0.2, 0.25) is 0 Å². The van der Waals surface area contributed by atoms with Crippen LogP contribution in [0, 0.1) is 11.8 Å². The molecule has 0 aliphatic carbocycles. The average Bonchev–Trinajstić information content (AvgIpc) is 3.00. The van der Waals surface area contributed by atoms with E-state index < -0.39 is 77.6 Å². The summed E-state index contributed by atoms with van der Waals surface area (Å²) >= 11 is 0. The summed E-state index contributed by atoms with van der Waals surface area (Å²) in [4.78, 5) is 79.7. The zero-order valence-electron chi connectivity index (χ0n) is 27.4. The number of carbonyl (C=O) groups is 6. The summed E-state index contributed by atoms with van der Waals surface area (Å²) in [6.45, 7) is 7.51. The molecular formula is C29H55N9O8. The number of aliphatic imine (C=N–C) groups is 1. The van der Waals surface area contributed by atoms with Crippen molar-refractivity contribution in [1.82, 2.24) is 21.3 Å². The summed E-state index contributed by atoms with van der Waals surface area (Å²) in [5.41, 5.74) is 22.2. The molecule has 0 aromatic heterocycles. The second-order valence-electron chi connectivity index (χ2n) is 11.5. The maximum atomic E-state index is 13.6. The molecule has 7 atom stereocenters. The van der Waals surface area contributed by atoms with E-state index in [1.165, 1.54) is 0 Å². The van der Waals surface area contributed by atoms with Crippen molar-refractivity contribution in [3.63, 3.8) is 0 Å². The molecule has 0 spiro atoms. The van der Waals surface area contributed by atoms with Gasteiger partial charge in [-0.15, -0.1) is 0 Å². The van der Waals surface area contributed by atoms with Crippen LogP contribution in [0.5, 0.6) is 0 Å². The summed E-state index contributed by atoms with van der Waals surface area (Å²) in [6, 6.07) is -5.77. The number of nitrogens with one attached hydrogen (secondary N) is 4. The van der Waals surface area contributed by atoms with Gasteiger partial charge in [-0.25, -0.2) is 4.79 Å². The molecule has 17 nitrogen and oxygen atoms in total. The molecule has 0 bridgehead atoms. The fourth-order valence-corrected chi connectivity index (χ4v) is 4.38. The standard InChI is InChI=1S/C29H55N9O8/c1-5-16(3)22(37-25(42)19(10-7-8-14-30)35-24(41)18(31)12-13-21(39)40)27(44)36-20(11-9-15-34-29(32)33)26(43)38-23(28(45)46)17(4)6-2/h16-20,22-23H,5-15,30-31H2,1-4H3,(H,35,41)(H,36,44)(H,37,42)(H,38,43)(H,39,40)(H,45,46)(H4,32,33,34). The minimum absolute atomic E-state index is 0.0639. The minimum atomic E-state index is -1.22. The maximum Gasteiger partial charge on any atom is 0.326 e. The monoisotopic (exact) mass is 657 g/mol. The Labute approximate surface area is 270 Å². The topological polar surface area (TPSA) is 307 Å². The summed E-state index contributed by atoms with van der Waals surface area (Å²) in [5, 5.41) is 29.0. The molecule has 0 saturated heterocycles. The Morgan fingerprint density at radius 3 is 1.67 bits per heavy atom. The Hall–Kier alpha value is -3.99. The molecule has 4 amide bonds. The molecule has 0 radical (unpaired) electrons. The number of carboxylic acid groups (broad SMARTS) is 2. The van der Waals surface area contributed by atoms with E-state index in [4.69, 9.17) is 28.0 Å². The first-order valence-electron chi connectivity index (χ1n) is 15.8. The summed E-state index contributed by atoms with van der Waals surface area (Å²) in [6.07, 6.45) is 2.01. The number of rotatable bonds is 24. The summed E-state index contributed by atoms with van der Waals surface area (Å²) in [5.74, 6) is -6.10. The molecule has 0 saturated carbocycles. The first kappa shape index (κ1) is 42.0. The zero-order chi connectivity index (χ0) is 35.4. The van der Waals surface area contributed by atoms with Crippen LogP contribution in [0.25, 0.3) is 0 Å². The normalized spacial score (nSPS) is 15.5. The van der Waals surface area contributed by atoms with Gasteiger partial charge in [-0.3, -0.25) is 29.0 Å². The molecule has 0 aromatic carbocycles. The van der Waals surface area contributed by atoms with Gasteiger partial charge in [0.1, 0.15) is 24.2 Å². The Balaban J connectivity index is 6.06. The first-order valence-corrected chi connectivity index (χ1v) is 15.8. The molecular weight excluding hydrogens is 602 g/mol. The maximum absolute atomic E-state index is 13.6. The lowest BCUT2D eigenvalue weighted by Gasteiger charge is -2.29. The third-order valence-electron chi connectivity index (χ3n) is 7.73. The zero-order valence-corrected chi connectivity index (χ0v) is 27.4. The molecule has 0 aromatic rings. The molecule has 0 heterocycles. The van der Waals surface area contributed by atoms with Gasteiger partial charge in [0.25, 0.3) is 0 Å². The number of nitrogens with zero attached hydrogens (tertiary/aromatic N) is 1. The van der Waals surface area contributed by atoms with Crippen molar-refractivity contribution < 1.29 is 39.0 Å². The number of aliphatic carboxylic acids is 2. The highest BCUT2D eigenvalue weighted by Gasteiger charge is 2.34. The summed E-state index contributed by atoms with van der Waals surface area (Å²) < 4.78 is 0. The van der Waals surface area contributed by atoms with Crippen molar-refractivity contribution in [2.24, 2.45) is 39.8 Å². The quantitative estimate of drug-likeness (QED) is 0.0321. The van der Waals surface area contributed by atoms with E-state index in [2.05, 4.69) is 26.3 Å². The van der Waals surface area contributed by atoms with Crippen LogP contribution in [-0.4, -0.2) is 95.0 Å². The number of hydrogen-bond donors (Lipinski definition) is 10. The number of unbranched alkanes of at least 4 members (excludes halogenated alkanes) is 1. The van der Waals surface area contributed by atoms with Crippen molar-refractivity contribution in [2.75, 3.05) is 13.1 Å². The molecule has 46 heavy (non-hydrogen) atoms. The van der Waals surface area contributed by atoms with E-state index >= 15 is 0 Å². The van der Waals surface area contributed by atoms with E-state index in [9.17, 15) is 33.9 Å². The number of carbonyl (C=O) groups excluding carboxylic acids is 4. The molecule has 17 heteroatoms. The number of amides is 4. The van der Waals surface area contributed by atoms with E-state index in [-0.39, 0.29) is 44.6 Å². The van der Waals surface area contributed by atoms with Crippen LogP contribution >= 0.6 is 0 Å². The van der Waals surface area contributed by atoms with Crippen molar-refractivity contribution in [3.05, 3.63) is 0 Å². The van der Waals surface area contributed by atoms with Crippen LogP contribution in [0.3, 0.4) is 0 Å². The van der Waals surface area contributed by atoms with E-state index in [0.29, 0.717) is 32.2 Å². The fourth-order valence-electron chi connectivity index (χ4n) is 4.38. The van der Waals surface area contributed by atoms with E-state index in [1.807, 2.05) is 6.92 Å². The van der Waals surface area contributed by atoms with Gasteiger partial charge in [-0.05, 0) is 56.9 Å². The van der Waals surface area contributed by atoms with Gasteiger partial charge >= 0.3 is 11.9 Å². The molecule has 264 valence electrons. The first-order chi connectivity index (χ1) is 21.6. The number of hydrogen-bond acceptors (Lipinski definition) is 9. The van der Waals surface area contributed by atoms with Gasteiger partial charge in [-0.1, -0.05) is 40.5 Å². The number of guanidine groups is 1. The predicted molar refractivity (Wildman–Crippen MR) is 172 cm³/mol. The molecule has 0 rings (SSSR count). The second-order valence-corrected chi connectivity index (χ2v) is 11.5. The second kappa shape index (κ2) is 22.5. The Morgan fingerprint density at radius 1 is 0.696 bits per heavy atom. The average molecular weight is 658 g/mol. The Bertz CT molecular complexity index is 1040. The molecule has 0 fully saturated rings. The van der Waals surface area contributed by atoms with Gasteiger partial charge in [0.05, 0.1) is 6.04 Å². The third kappa shape index (κ3) is 16.4. The van der Waals surface area contributed by atoms with Gasteiger partial charge in [-0.2, -0.15) is 0 Å². The molecule has 0 aliphatic rings. The lowest BCUT2D eigenvalue weighted by atomic mass is 9.96. The highest BCUT2D eigenvalue weighted by Crippen LogP contribution is 2.13.